The standard InChI is InChI=1S/C20H21ClN4/c1-24(2)16-9-5-14(6-10-16)18-13-19(21)22-23-20(18)15-7-11-17(12-8-15)25(3)4/h5-13H,1-4H3. The predicted molar refractivity (Wildman–Crippen MR) is 107 cm³/mol. The second-order valence-corrected chi connectivity index (χ2v) is 6.70. The van der Waals surface area contributed by atoms with E-state index in [0.29, 0.717) is 5.15 Å². The van der Waals surface area contributed by atoms with Crippen LogP contribution in [0, 0.1) is 0 Å². The molecule has 0 unspecified atom stereocenters. The topological polar surface area (TPSA) is 32.3 Å². The normalized spacial score (nSPS) is 10.6. The van der Waals surface area contributed by atoms with Crippen LogP contribution < -0.4 is 9.80 Å². The molecule has 4 nitrogen and oxygen atoms in total. The molecule has 25 heavy (non-hydrogen) atoms. The summed E-state index contributed by atoms with van der Waals surface area (Å²) in [6.45, 7) is 0. The number of benzene rings is 2. The SMILES string of the molecule is CN(C)c1ccc(-c2cc(Cl)nnc2-c2ccc(N(C)C)cc2)cc1. The fraction of sp³-hybridized carbons (Fsp3) is 0.200. The predicted octanol–water partition coefficient (Wildman–Crippen LogP) is 4.60. The molecule has 128 valence electrons. The number of hydrogen-bond acceptors (Lipinski definition) is 4. The van der Waals surface area contributed by atoms with Gasteiger partial charge in [-0.1, -0.05) is 35.9 Å². The first kappa shape index (κ1) is 17.2. The minimum absolute atomic E-state index is 0.389. The van der Waals surface area contributed by atoms with Gasteiger partial charge < -0.3 is 9.80 Å². The van der Waals surface area contributed by atoms with Crippen molar-refractivity contribution in [2.75, 3.05) is 38.0 Å². The summed E-state index contributed by atoms with van der Waals surface area (Å²) in [7, 11) is 8.10. The summed E-state index contributed by atoms with van der Waals surface area (Å²) in [4.78, 5) is 4.14. The van der Waals surface area contributed by atoms with Crippen molar-refractivity contribution in [1.29, 1.82) is 0 Å². The Morgan fingerprint density at radius 2 is 1.16 bits per heavy atom. The first-order chi connectivity index (χ1) is 12.0. The van der Waals surface area contributed by atoms with Crippen LogP contribution in [-0.4, -0.2) is 38.4 Å². The number of aromatic nitrogens is 2. The van der Waals surface area contributed by atoms with E-state index in [2.05, 4.69) is 68.5 Å². The van der Waals surface area contributed by atoms with Gasteiger partial charge in [0.25, 0.3) is 0 Å². The average Bonchev–Trinajstić information content (AvgIpc) is 2.62. The third kappa shape index (κ3) is 3.74. The molecule has 0 aliphatic rings. The van der Waals surface area contributed by atoms with E-state index < -0.39 is 0 Å². The van der Waals surface area contributed by atoms with Crippen molar-refractivity contribution in [2.24, 2.45) is 0 Å². The van der Waals surface area contributed by atoms with E-state index >= 15 is 0 Å². The summed E-state index contributed by atoms with van der Waals surface area (Å²) in [6, 6.07) is 18.5. The molecule has 5 heteroatoms. The molecule has 0 atom stereocenters. The summed E-state index contributed by atoms with van der Waals surface area (Å²) in [5, 5.41) is 8.78. The van der Waals surface area contributed by atoms with Crippen LogP contribution in [0.1, 0.15) is 0 Å². The summed E-state index contributed by atoms with van der Waals surface area (Å²) in [6.07, 6.45) is 0. The van der Waals surface area contributed by atoms with E-state index in [1.54, 1.807) is 0 Å². The average molecular weight is 353 g/mol. The number of hydrogen-bond donors (Lipinski definition) is 0. The first-order valence-corrected chi connectivity index (χ1v) is 8.42. The third-order valence-electron chi connectivity index (χ3n) is 4.12. The smallest absolute Gasteiger partial charge is 0.152 e. The van der Waals surface area contributed by atoms with Gasteiger partial charge in [0.1, 0.15) is 5.69 Å². The van der Waals surface area contributed by atoms with Crippen LogP contribution >= 0.6 is 11.6 Å². The molecule has 3 rings (SSSR count). The lowest BCUT2D eigenvalue weighted by Crippen LogP contribution is -2.08. The molecular formula is C20H21ClN4. The van der Waals surface area contributed by atoms with Crippen LogP contribution in [0.4, 0.5) is 11.4 Å². The van der Waals surface area contributed by atoms with E-state index in [9.17, 15) is 0 Å². The van der Waals surface area contributed by atoms with E-state index in [0.717, 1.165) is 33.8 Å². The van der Waals surface area contributed by atoms with Crippen molar-refractivity contribution in [1.82, 2.24) is 10.2 Å². The monoisotopic (exact) mass is 352 g/mol. The fourth-order valence-electron chi connectivity index (χ4n) is 2.66. The molecule has 0 bridgehead atoms. The van der Waals surface area contributed by atoms with Gasteiger partial charge in [0, 0.05) is 50.7 Å². The summed E-state index contributed by atoms with van der Waals surface area (Å²) in [5.41, 5.74) is 6.17. The van der Waals surface area contributed by atoms with Gasteiger partial charge in [-0.3, -0.25) is 0 Å². The van der Waals surface area contributed by atoms with Crippen LogP contribution in [0.15, 0.2) is 54.6 Å². The van der Waals surface area contributed by atoms with Gasteiger partial charge in [-0.2, -0.15) is 0 Å². The van der Waals surface area contributed by atoms with Gasteiger partial charge in [0.05, 0.1) is 0 Å². The molecule has 0 radical (unpaired) electrons. The maximum absolute atomic E-state index is 6.11. The molecule has 0 aliphatic heterocycles. The Morgan fingerprint density at radius 1 is 0.680 bits per heavy atom. The molecule has 2 aromatic carbocycles. The quantitative estimate of drug-likeness (QED) is 0.687. The maximum atomic E-state index is 6.11. The van der Waals surface area contributed by atoms with Gasteiger partial charge in [0.2, 0.25) is 0 Å². The number of anilines is 2. The van der Waals surface area contributed by atoms with E-state index in [-0.39, 0.29) is 0 Å². The molecule has 0 amide bonds. The molecule has 0 fully saturated rings. The van der Waals surface area contributed by atoms with Crippen molar-refractivity contribution in [3.05, 3.63) is 59.8 Å². The lowest BCUT2D eigenvalue weighted by atomic mass is 9.99. The maximum Gasteiger partial charge on any atom is 0.152 e. The molecular weight excluding hydrogens is 332 g/mol. The highest BCUT2D eigenvalue weighted by molar-refractivity contribution is 6.29. The van der Waals surface area contributed by atoms with Gasteiger partial charge in [-0.25, -0.2) is 0 Å². The summed E-state index contributed by atoms with van der Waals surface area (Å²) < 4.78 is 0. The zero-order chi connectivity index (χ0) is 18.0. The fourth-order valence-corrected chi connectivity index (χ4v) is 2.80. The van der Waals surface area contributed by atoms with Crippen molar-refractivity contribution < 1.29 is 0 Å². The van der Waals surface area contributed by atoms with Gasteiger partial charge >= 0.3 is 0 Å². The Kier molecular flexibility index (Phi) is 4.91. The van der Waals surface area contributed by atoms with Crippen LogP contribution in [0.25, 0.3) is 22.4 Å². The highest BCUT2D eigenvalue weighted by Crippen LogP contribution is 2.33. The highest BCUT2D eigenvalue weighted by Gasteiger charge is 2.12. The minimum Gasteiger partial charge on any atom is -0.378 e. The lowest BCUT2D eigenvalue weighted by molar-refractivity contribution is 1.04. The van der Waals surface area contributed by atoms with Crippen LogP contribution in [-0.2, 0) is 0 Å². The Morgan fingerprint density at radius 3 is 1.64 bits per heavy atom. The molecule has 1 heterocycles. The van der Waals surface area contributed by atoms with Crippen molar-refractivity contribution in [2.45, 2.75) is 0 Å². The van der Waals surface area contributed by atoms with Gasteiger partial charge in [-0.15, -0.1) is 10.2 Å². The van der Waals surface area contributed by atoms with E-state index in [1.165, 1.54) is 0 Å². The zero-order valence-electron chi connectivity index (χ0n) is 14.9. The van der Waals surface area contributed by atoms with Crippen LogP contribution in [0.2, 0.25) is 5.15 Å². The second kappa shape index (κ2) is 7.11. The van der Waals surface area contributed by atoms with Gasteiger partial charge in [0.15, 0.2) is 5.15 Å². The zero-order valence-corrected chi connectivity index (χ0v) is 15.6. The van der Waals surface area contributed by atoms with Gasteiger partial charge in [-0.05, 0) is 35.9 Å². The van der Waals surface area contributed by atoms with E-state index in [1.807, 2.05) is 34.3 Å². The van der Waals surface area contributed by atoms with Crippen molar-refractivity contribution in [3.63, 3.8) is 0 Å². The molecule has 0 aliphatic carbocycles. The Bertz CT molecular complexity index is 856. The molecule has 0 spiro atoms. The first-order valence-electron chi connectivity index (χ1n) is 8.04. The van der Waals surface area contributed by atoms with Crippen LogP contribution in [0.5, 0.6) is 0 Å². The molecule has 0 N–H and O–H groups in total. The summed E-state index contributed by atoms with van der Waals surface area (Å²) >= 11 is 6.11. The number of halogens is 1. The Balaban J connectivity index is 2.06. The second-order valence-electron chi connectivity index (χ2n) is 6.31. The number of rotatable bonds is 4. The Hall–Kier alpha value is -2.59. The lowest BCUT2D eigenvalue weighted by Gasteiger charge is -2.15. The molecule has 3 aromatic rings. The highest BCUT2D eigenvalue weighted by atomic mass is 35.5. The van der Waals surface area contributed by atoms with E-state index in [4.69, 9.17) is 11.6 Å². The Labute approximate surface area is 153 Å². The number of nitrogens with zero attached hydrogens (tertiary/aromatic N) is 4. The molecule has 1 aromatic heterocycles. The summed E-state index contributed by atoms with van der Waals surface area (Å²) in [5.74, 6) is 0. The van der Waals surface area contributed by atoms with Crippen LogP contribution in [0.3, 0.4) is 0 Å². The largest absolute Gasteiger partial charge is 0.378 e. The third-order valence-corrected chi connectivity index (χ3v) is 4.30. The molecule has 0 saturated carbocycles. The minimum atomic E-state index is 0.389. The van der Waals surface area contributed by atoms with Crippen molar-refractivity contribution in [3.8, 4) is 22.4 Å². The molecule has 0 saturated heterocycles. The van der Waals surface area contributed by atoms with Crippen molar-refractivity contribution >= 4 is 23.0 Å².